The van der Waals surface area contributed by atoms with E-state index in [4.69, 9.17) is 33.7 Å². The summed E-state index contributed by atoms with van der Waals surface area (Å²) in [6, 6.07) is 3.45. The van der Waals surface area contributed by atoms with Crippen molar-refractivity contribution in [2.24, 2.45) is 5.73 Å². The van der Waals surface area contributed by atoms with Gasteiger partial charge in [0.2, 0.25) is 0 Å². The standard InChI is InChI=1S/C16H16Cl2N6O4S2/c17-7-1-10(9(2-19)21-3-7)30-16-13(26)14(24(27)12(5-25)28-16)22-4-8(20)15-23-11(18)6-29-15/h1,3-4,6,12-14,16,22,25-27H,5,20H2/b8-4-. The number of hydrogen-bond donors (Lipinski definition) is 5. The highest BCUT2D eigenvalue weighted by Gasteiger charge is 2.43. The van der Waals surface area contributed by atoms with Gasteiger partial charge in [0.25, 0.3) is 0 Å². The molecule has 160 valence electrons. The van der Waals surface area contributed by atoms with E-state index >= 15 is 0 Å². The van der Waals surface area contributed by atoms with Gasteiger partial charge in [-0.1, -0.05) is 35.0 Å². The largest absolute Gasteiger partial charge is 0.395 e. The molecule has 2 aromatic rings. The number of pyridine rings is 1. The highest BCUT2D eigenvalue weighted by atomic mass is 35.5. The molecule has 3 heterocycles. The van der Waals surface area contributed by atoms with Gasteiger partial charge in [0.1, 0.15) is 33.9 Å². The second kappa shape index (κ2) is 10.1. The zero-order valence-electron chi connectivity index (χ0n) is 15.0. The van der Waals surface area contributed by atoms with Crippen LogP contribution in [0.3, 0.4) is 0 Å². The number of nitrogens with zero attached hydrogens (tertiary/aromatic N) is 4. The number of aromatic nitrogens is 2. The molecule has 0 amide bonds. The maximum absolute atomic E-state index is 10.8. The van der Waals surface area contributed by atoms with Crippen molar-refractivity contribution in [2.75, 3.05) is 6.61 Å². The summed E-state index contributed by atoms with van der Waals surface area (Å²) in [5.74, 6) is 0. The van der Waals surface area contributed by atoms with Crippen LogP contribution in [0.4, 0.5) is 0 Å². The Morgan fingerprint density at radius 2 is 2.30 bits per heavy atom. The van der Waals surface area contributed by atoms with Gasteiger partial charge in [0.15, 0.2) is 11.9 Å². The first-order valence-corrected chi connectivity index (χ1v) is 10.8. The first-order valence-electron chi connectivity index (χ1n) is 8.31. The quantitative estimate of drug-likeness (QED) is 0.397. The Balaban J connectivity index is 1.81. The van der Waals surface area contributed by atoms with E-state index < -0.39 is 30.5 Å². The summed E-state index contributed by atoms with van der Waals surface area (Å²) in [5, 5.41) is 46.0. The second-order valence-corrected chi connectivity index (χ2v) is 8.75. The molecule has 10 nitrogen and oxygen atoms in total. The molecule has 0 aliphatic carbocycles. The van der Waals surface area contributed by atoms with Gasteiger partial charge in [0, 0.05) is 22.7 Å². The zero-order valence-corrected chi connectivity index (χ0v) is 18.2. The van der Waals surface area contributed by atoms with Crippen molar-refractivity contribution >= 4 is 52.0 Å². The molecule has 6 N–H and O–H groups in total. The Hall–Kier alpha value is -1.66. The molecular weight excluding hydrogens is 475 g/mol. The van der Waals surface area contributed by atoms with Gasteiger partial charge < -0.3 is 31.2 Å². The number of ether oxygens (including phenoxy) is 1. The smallest absolute Gasteiger partial charge is 0.159 e. The van der Waals surface area contributed by atoms with Crippen molar-refractivity contribution in [1.82, 2.24) is 20.3 Å². The van der Waals surface area contributed by atoms with E-state index in [0.717, 1.165) is 11.8 Å². The predicted octanol–water partition coefficient (Wildman–Crippen LogP) is 1.41. The summed E-state index contributed by atoms with van der Waals surface area (Å²) in [7, 11) is 0. The molecule has 1 aliphatic heterocycles. The molecule has 2 aromatic heterocycles. The minimum Gasteiger partial charge on any atom is -0.395 e. The SMILES string of the molecule is N#Cc1ncc(Cl)cc1SC1OC(CO)N(O)C(N/C=C(\N)c2nc(Cl)cs2)C1O. The predicted molar refractivity (Wildman–Crippen MR) is 111 cm³/mol. The molecule has 4 atom stereocenters. The Bertz CT molecular complexity index is 971. The van der Waals surface area contributed by atoms with E-state index in [1.807, 2.05) is 6.07 Å². The molecular formula is C16H16Cl2N6O4S2. The van der Waals surface area contributed by atoms with Crippen molar-refractivity contribution in [3.8, 4) is 6.07 Å². The number of halogens is 2. The van der Waals surface area contributed by atoms with Crippen LogP contribution in [0, 0.1) is 11.3 Å². The molecule has 0 bridgehead atoms. The Morgan fingerprint density at radius 3 is 2.93 bits per heavy atom. The first-order chi connectivity index (χ1) is 14.3. The number of nitrogens with two attached hydrogens (primary N) is 1. The third-order valence-corrected chi connectivity index (χ3v) is 6.54. The third kappa shape index (κ3) is 5.14. The van der Waals surface area contributed by atoms with Crippen LogP contribution in [0.5, 0.6) is 0 Å². The summed E-state index contributed by atoms with van der Waals surface area (Å²) in [6.45, 7) is -0.557. The summed E-state index contributed by atoms with van der Waals surface area (Å²) >= 11 is 14.0. The van der Waals surface area contributed by atoms with Crippen molar-refractivity contribution in [1.29, 1.82) is 5.26 Å². The fourth-order valence-corrected chi connectivity index (χ4v) is 4.75. The van der Waals surface area contributed by atoms with Crippen LogP contribution in [0.2, 0.25) is 10.2 Å². The van der Waals surface area contributed by atoms with E-state index in [-0.39, 0.29) is 11.4 Å². The molecule has 0 saturated carbocycles. The summed E-state index contributed by atoms with van der Waals surface area (Å²) in [6.07, 6.45) is -0.866. The normalized spacial score (nSPS) is 25.1. The number of hydroxylamine groups is 2. The van der Waals surface area contributed by atoms with Crippen LogP contribution in [0.15, 0.2) is 28.7 Å². The van der Waals surface area contributed by atoms with Crippen molar-refractivity contribution in [3.05, 3.63) is 44.7 Å². The summed E-state index contributed by atoms with van der Waals surface area (Å²) < 4.78 is 5.57. The zero-order chi connectivity index (χ0) is 21.8. The number of nitriles is 1. The van der Waals surface area contributed by atoms with Gasteiger partial charge >= 0.3 is 0 Å². The van der Waals surface area contributed by atoms with E-state index in [0.29, 0.717) is 25.1 Å². The Labute approximate surface area is 189 Å². The fraction of sp³-hybridized carbons (Fsp3) is 0.312. The van der Waals surface area contributed by atoms with Gasteiger partial charge in [0.05, 0.1) is 17.3 Å². The highest BCUT2D eigenvalue weighted by Crippen LogP contribution is 2.35. The molecule has 0 radical (unpaired) electrons. The van der Waals surface area contributed by atoms with Gasteiger partial charge in [-0.15, -0.1) is 16.4 Å². The average Bonchev–Trinajstić information content (AvgIpc) is 3.16. The molecule has 1 saturated heterocycles. The number of aliphatic hydroxyl groups is 2. The van der Waals surface area contributed by atoms with Gasteiger partial charge in [-0.3, -0.25) is 0 Å². The lowest BCUT2D eigenvalue weighted by Crippen LogP contribution is -2.63. The summed E-state index contributed by atoms with van der Waals surface area (Å²) in [4.78, 5) is 8.35. The van der Waals surface area contributed by atoms with Crippen molar-refractivity contribution < 1.29 is 20.2 Å². The van der Waals surface area contributed by atoms with Gasteiger partial charge in [-0.2, -0.15) is 5.26 Å². The molecule has 3 rings (SSSR count). The molecule has 4 unspecified atom stereocenters. The van der Waals surface area contributed by atoms with Crippen molar-refractivity contribution in [3.63, 3.8) is 0 Å². The maximum Gasteiger partial charge on any atom is 0.159 e. The monoisotopic (exact) mass is 490 g/mol. The Kier molecular flexibility index (Phi) is 7.75. The van der Waals surface area contributed by atoms with Crippen LogP contribution in [0.25, 0.3) is 5.70 Å². The highest BCUT2D eigenvalue weighted by molar-refractivity contribution is 7.99. The molecule has 14 heteroatoms. The minimum atomic E-state index is -1.31. The molecule has 0 aromatic carbocycles. The van der Waals surface area contributed by atoms with Crippen LogP contribution in [-0.2, 0) is 4.74 Å². The molecule has 0 spiro atoms. The number of aliphatic hydroxyl groups excluding tert-OH is 2. The number of thiazole rings is 1. The third-order valence-electron chi connectivity index (χ3n) is 3.93. The van der Waals surface area contributed by atoms with Crippen LogP contribution < -0.4 is 11.1 Å². The van der Waals surface area contributed by atoms with E-state index in [1.165, 1.54) is 29.8 Å². The molecule has 1 aliphatic rings. The number of thioether (sulfide) groups is 1. The lowest BCUT2D eigenvalue weighted by molar-refractivity contribution is -0.311. The molecule has 30 heavy (non-hydrogen) atoms. The number of nitrogens with one attached hydrogen (secondary N) is 1. The second-order valence-electron chi connectivity index (χ2n) is 5.93. The van der Waals surface area contributed by atoms with Gasteiger partial charge in [-0.05, 0) is 6.07 Å². The van der Waals surface area contributed by atoms with Crippen LogP contribution in [0.1, 0.15) is 10.7 Å². The van der Waals surface area contributed by atoms with E-state index in [1.54, 1.807) is 5.38 Å². The number of rotatable bonds is 6. The van der Waals surface area contributed by atoms with Gasteiger partial charge in [-0.25, -0.2) is 9.97 Å². The molecule has 1 fully saturated rings. The first kappa shape index (κ1) is 23.0. The fourth-order valence-electron chi connectivity index (χ4n) is 2.52. The maximum atomic E-state index is 10.8. The number of hydrogen-bond acceptors (Lipinski definition) is 12. The lowest BCUT2D eigenvalue weighted by Gasteiger charge is -2.43. The van der Waals surface area contributed by atoms with Crippen LogP contribution >= 0.6 is 46.3 Å². The minimum absolute atomic E-state index is 0.0986. The van der Waals surface area contributed by atoms with Crippen molar-refractivity contribution in [2.45, 2.75) is 28.8 Å². The lowest BCUT2D eigenvalue weighted by atomic mass is 10.2. The average molecular weight is 491 g/mol. The topological polar surface area (TPSA) is 161 Å². The van der Waals surface area contributed by atoms with E-state index in [9.17, 15) is 20.7 Å². The summed E-state index contributed by atoms with van der Waals surface area (Å²) in [5.41, 5.74) is 5.31. The van der Waals surface area contributed by atoms with E-state index in [2.05, 4.69) is 15.3 Å². The Morgan fingerprint density at radius 1 is 1.53 bits per heavy atom. The van der Waals surface area contributed by atoms with Crippen LogP contribution in [-0.4, -0.2) is 61.0 Å².